The maximum atomic E-state index is 9.68. The summed E-state index contributed by atoms with van der Waals surface area (Å²) in [4.78, 5) is 2.38. The molecular weight excluding hydrogens is 284 g/mol. The summed E-state index contributed by atoms with van der Waals surface area (Å²) in [5, 5.41) is 13.3. The molecule has 0 amide bonds. The summed E-state index contributed by atoms with van der Waals surface area (Å²) in [5.74, 6) is 0. The standard InChI is InChI=1S/C20H26N2O/c23-18-12-15-22(16-13-18)20-11-5-4-10-19(20)21-14-6-9-17-7-2-1-3-8-17/h1-5,7-8,10-11,18,21,23H,6,9,12-16H2. The normalized spacial score (nSPS) is 15.6. The Labute approximate surface area is 139 Å². The number of aliphatic hydroxyl groups is 1. The first kappa shape index (κ1) is 15.9. The first-order valence-electron chi connectivity index (χ1n) is 8.63. The van der Waals surface area contributed by atoms with Crippen LogP contribution >= 0.6 is 0 Å². The number of nitrogens with one attached hydrogen (secondary N) is 1. The predicted octanol–water partition coefficient (Wildman–Crippen LogP) is 3.69. The zero-order valence-electron chi connectivity index (χ0n) is 13.6. The van der Waals surface area contributed by atoms with E-state index in [0.717, 1.165) is 45.3 Å². The topological polar surface area (TPSA) is 35.5 Å². The highest BCUT2D eigenvalue weighted by molar-refractivity contribution is 5.70. The average molecular weight is 310 g/mol. The van der Waals surface area contributed by atoms with Gasteiger partial charge in [0.2, 0.25) is 0 Å². The number of piperidine rings is 1. The Balaban J connectivity index is 1.53. The molecule has 2 aromatic carbocycles. The molecule has 23 heavy (non-hydrogen) atoms. The van der Waals surface area contributed by atoms with Crippen molar-refractivity contribution >= 4 is 11.4 Å². The van der Waals surface area contributed by atoms with Crippen LogP contribution in [0.1, 0.15) is 24.8 Å². The van der Waals surface area contributed by atoms with Crippen molar-refractivity contribution in [1.29, 1.82) is 0 Å². The van der Waals surface area contributed by atoms with Crippen molar-refractivity contribution in [3.05, 3.63) is 60.2 Å². The molecule has 0 aromatic heterocycles. The molecule has 0 spiro atoms. The van der Waals surface area contributed by atoms with Crippen LogP contribution in [0.4, 0.5) is 11.4 Å². The minimum absolute atomic E-state index is 0.128. The Hall–Kier alpha value is -2.00. The molecule has 3 rings (SSSR count). The van der Waals surface area contributed by atoms with Gasteiger partial charge < -0.3 is 15.3 Å². The van der Waals surface area contributed by atoms with Crippen molar-refractivity contribution in [2.75, 3.05) is 29.9 Å². The van der Waals surface area contributed by atoms with Crippen LogP contribution < -0.4 is 10.2 Å². The van der Waals surface area contributed by atoms with E-state index in [2.05, 4.69) is 64.8 Å². The lowest BCUT2D eigenvalue weighted by molar-refractivity contribution is 0.145. The van der Waals surface area contributed by atoms with E-state index in [9.17, 15) is 5.11 Å². The van der Waals surface area contributed by atoms with Gasteiger partial charge in [-0.25, -0.2) is 0 Å². The lowest BCUT2D eigenvalue weighted by Crippen LogP contribution is -2.36. The van der Waals surface area contributed by atoms with E-state index in [1.807, 2.05) is 0 Å². The molecule has 1 saturated heterocycles. The second-order valence-corrected chi connectivity index (χ2v) is 6.25. The largest absolute Gasteiger partial charge is 0.393 e. The van der Waals surface area contributed by atoms with Crippen molar-refractivity contribution in [2.24, 2.45) is 0 Å². The summed E-state index contributed by atoms with van der Waals surface area (Å²) in [6.45, 7) is 2.84. The van der Waals surface area contributed by atoms with E-state index in [0.29, 0.717) is 0 Å². The minimum Gasteiger partial charge on any atom is -0.393 e. The number of aliphatic hydroxyl groups excluding tert-OH is 1. The van der Waals surface area contributed by atoms with Crippen LogP contribution in [0.25, 0.3) is 0 Å². The van der Waals surface area contributed by atoms with Gasteiger partial charge in [-0.3, -0.25) is 0 Å². The number of nitrogens with zero attached hydrogens (tertiary/aromatic N) is 1. The number of benzene rings is 2. The number of hydrogen-bond acceptors (Lipinski definition) is 3. The zero-order valence-corrected chi connectivity index (χ0v) is 13.6. The van der Waals surface area contributed by atoms with Crippen molar-refractivity contribution in [3.63, 3.8) is 0 Å². The second kappa shape index (κ2) is 8.02. The minimum atomic E-state index is -0.128. The molecule has 122 valence electrons. The lowest BCUT2D eigenvalue weighted by Gasteiger charge is -2.33. The number of hydrogen-bond donors (Lipinski definition) is 2. The van der Waals surface area contributed by atoms with E-state index in [1.54, 1.807) is 0 Å². The molecule has 1 aliphatic rings. The van der Waals surface area contributed by atoms with Gasteiger partial charge in [-0.2, -0.15) is 0 Å². The van der Waals surface area contributed by atoms with E-state index in [-0.39, 0.29) is 6.10 Å². The Morgan fingerprint density at radius 2 is 1.65 bits per heavy atom. The molecule has 1 fully saturated rings. The Kier molecular flexibility index (Phi) is 5.54. The summed E-state index contributed by atoms with van der Waals surface area (Å²) >= 11 is 0. The maximum absolute atomic E-state index is 9.68. The van der Waals surface area contributed by atoms with Gasteiger partial charge >= 0.3 is 0 Å². The molecule has 3 heteroatoms. The monoisotopic (exact) mass is 310 g/mol. The van der Waals surface area contributed by atoms with Gasteiger partial charge in [0.25, 0.3) is 0 Å². The van der Waals surface area contributed by atoms with E-state index < -0.39 is 0 Å². The molecule has 1 heterocycles. The SMILES string of the molecule is OC1CCN(c2ccccc2NCCCc2ccccc2)CC1. The third kappa shape index (κ3) is 4.49. The van der Waals surface area contributed by atoms with Crippen LogP contribution in [0.5, 0.6) is 0 Å². The molecule has 0 atom stereocenters. The quantitative estimate of drug-likeness (QED) is 0.799. The molecule has 0 aliphatic carbocycles. The van der Waals surface area contributed by atoms with Crippen LogP contribution in [0.15, 0.2) is 54.6 Å². The van der Waals surface area contributed by atoms with Crippen LogP contribution in [0.3, 0.4) is 0 Å². The lowest BCUT2D eigenvalue weighted by atomic mass is 10.1. The molecule has 0 unspecified atom stereocenters. The Morgan fingerprint density at radius 3 is 2.43 bits per heavy atom. The summed E-state index contributed by atoms with van der Waals surface area (Å²) in [6.07, 6.45) is 3.82. The van der Waals surface area contributed by atoms with Crippen LogP contribution in [-0.2, 0) is 6.42 Å². The van der Waals surface area contributed by atoms with E-state index in [1.165, 1.54) is 16.9 Å². The molecule has 2 N–H and O–H groups in total. The number of aryl methyl sites for hydroxylation is 1. The van der Waals surface area contributed by atoms with Gasteiger partial charge in [0.15, 0.2) is 0 Å². The van der Waals surface area contributed by atoms with Gasteiger partial charge in [0.05, 0.1) is 17.5 Å². The predicted molar refractivity (Wildman–Crippen MR) is 97.1 cm³/mol. The summed E-state index contributed by atoms with van der Waals surface area (Å²) < 4.78 is 0. The molecule has 0 radical (unpaired) electrons. The van der Waals surface area contributed by atoms with Gasteiger partial charge in [-0.1, -0.05) is 42.5 Å². The van der Waals surface area contributed by atoms with E-state index in [4.69, 9.17) is 0 Å². The average Bonchev–Trinajstić information content (AvgIpc) is 2.61. The summed E-state index contributed by atoms with van der Waals surface area (Å²) in [5.41, 5.74) is 3.86. The molecule has 2 aromatic rings. The number of anilines is 2. The fourth-order valence-electron chi connectivity index (χ4n) is 3.17. The summed E-state index contributed by atoms with van der Waals surface area (Å²) in [6, 6.07) is 19.1. The van der Waals surface area contributed by atoms with Crippen LogP contribution in [0, 0.1) is 0 Å². The zero-order chi connectivity index (χ0) is 15.9. The van der Waals surface area contributed by atoms with Gasteiger partial charge in [0.1, 0.15) is 0 Å². The number of rotatable bonds is 6. The van der Waals surface area contributed by atoms with Crippen molar-refractivity contribution in [3.8, 4) is 0 Å². The highest BCUT2D eigenvalue weighted by Crippen LogP contribution is 2.28. The van der Waals surface area contributed by atoms with Crippen molar-refractivity contribution in [1.82, 2.24) is 0 Å². The van der Waals surface area contributed by atoms with E-state index >= 15 is 0 Å². The Morgan fingerprint density at radius 1 is 0.957 bits per heavy atom. The third-order valence-electron chi connectivity index (χ3n) is 4.51. The molecule has 0 bridgehead atoms. The Bertz CT molecular complexity index is 592. The highest BCUT2D eigenvalue weighted by atomic mass is 16.3. The number of para-hydroxylation sites is 2. The fraction of sp³-hybridized carbons (Fsp3) is 0.400. The molecule has 1 aliphatic heterocycles. The third-order valence-corrected chi connectivity index (χ3v) is 4.51. The molecule has 0 saturated carbocycles. The summed E-state index contributed by atoms with van der Waals surface area (Å²) in [7, 11) is 0. The van der Waals surface area contributed by atoms with Gasteiger partial charge in [0, 0.05) is 19.6 Å². The first-order valence-corrected chi connectivity index (χ1v) is 8.63. The van der Waals surface area contributed by atoms with Gasteiger partial charge in [-0.05, 0) is 43.4 Å². The van der Waals surface area contributed by atoms with Crippen LogP contribution in [0.2, 0.25) is 0 Å². The van der Waals surface area contributed by atoms with Crippen LogP contribution in [-0.4, -0.2) is 30.8 Å². The fourth-order valence-corrected chi connectivity index (χ4v) is 3.17. The first-order chi connectivity index (χ1) is 11.3. The van der Waals surface area contributed by atoms with Crippen molar-refractivity contribution in [2.45, 2.75) is 31.8 Å². The highest BCUT2D eigenvalue weighted by Gasteiger charge is 2.18. The van der Waals surface area contributed by atoms with Gasteiger partial charge in [-0.15, -0.1) is 0 Å². The smallest absolute Gasteiger partial charge is 0.0602 e. The molecular formula is C20H26N2O. The second-order valence-electron chi connectivity index (χ2n) is 6.25. The maximum Gasteiger partial charge on any atom is 0.0602 e. The van der Waals surface area contributed by atoms with Crippen molar-refractivity contribution < 1.29 is 5.11 Å². The molecule has 3 nitrogen and oxygen atoms in total.